The standard InChI is InChI=1S/C17H19ClN2O5/c1-4-5-6-25-16(22)13-9(2)19-17(23)20-14(13)10-7-11(18)15(21)12(8-10)24-3/h4-5,7-8,14,21H,6H2,1-3H3,(H2,19,20,23)/b5-4+. The number of esters is 1. The Bertz CT molecular complexity index is 758. The van der Waals surface area contributed by atoms with Crippen LogP contribution in [0.15, 0.2) is 35.6 Å². The van der Waals surface area contributed by atoms with Gasteiger partial charge in [0.2, 0.25) is 0 Å². The number of rotatable bonds is 5. The van der Waals surface area contributed by atoms with Crippen LogP contribution in [0, 0.1) is 0 Å². The molecule has 1 heterocycles. The zero-order valence-corrected chi connectivity index (χ0v) is 14.8. The first-order valence-corrected chi connectivity index (χ1v) is 7.89. The Labute approximate surface area is 150 Å². The maximum atomic E-state index is 12.5. The molecule has 1 aliphatic rings. The Morgan fingerprint density at radius 1 is 1.44 bits per heavy atom. The van der Waals surface area contributed by atoms with Gasteiger partial charge in [0.1, 0.15) is 6.61 Å². The predicted molar refractivity (Wildman–Crippen MR) is 92.6 cm³/mol. The van der Waals surface area contributed by atoms with E-state index in [-0.39, 0.29) is 28.7 Å². The molecule has 0 radical (unpaired) electrons. The second-order valence-electron chi connectivity index (χ2n) is 5.29. The number of carbonyl (C=O) groups excluding carboxylic acids is 2. The maximum absolute atomic E-state index is 12.5. The first-order valence-electron chi connectivity index (χ1n) is 7.52. The summed E-state index contributed by atoms with van der Waals surface area (Å²) in [5.74, 6) is -0.656. The van der Waals surface area contributed by atoms with Gasteiger partial charge in [-0.1, -0.05) is 23.8 Å². The van der Waals surface area contributed by atoms with E-state index in [9.17, 15) is 14.7 Å². The molecule has 7 nitrogen and oxygen atoms in total. The normalized spacial score (nSPS) is 17.3. The molecule has 0 spiro atoms. The van der Waals surface area contributed by atoms with E-state index in [1.807, 2.05) is 6.92 Å². The molecule has 0 aliphatic carbocycles. The number of aromatic hydroxyl groups is 1. The van der Waals surface area contributed by atoms with Crippen LogP contribution in [-0.4, -0.2) is 30.8 Å². The number of phenolic OH excluding ortho intramolecular Hbond substituents is 1. The number of nitrogens with one attached hydrogen (secondary N) is 2. The number of methoxy groups -OCH3 is 1. The summed E-state index contributed by atoms with van der Waals surface area (Å²) in [5, 5.41) is 15.1. The smallest absolute Gasteiger partial charge is 0.338 e. The number of carbonyl (C=O) groups is 2. The highest BCUT2D eigenvalue weighted by Crippen LogP contribution is 2.39. The molecule has 1 aliphatic heterocycles. The Morgan fingerprint density at radius 3 is 2.80 bits per heavy atom. The highest BCUT2D eigenvalue weighted by Gasteiger charge is 2.33. The van der Waals surface area contributed by atoms with Crippen LogP contribution in [0.2, 0.25) is 5.02 Å². The molecule has 2 rings (SSSR count). The number of hydrogen-bond donors (Lipinski definition) is 3. The molecule has 134 valence electrons. The van der Waals surface area contributed by atoms with E-state index in [0.717, 1.165) is 0 Å². The zero-order valence-electron chi connectivity index (χ0n) is 14.1. The lowest BCUT2D eigenvalue weighted by Crippen LogP contribution is -2.45. The highest BCUT2D eigenvalue weighted by molar-refractivity contribution is 6.32. The quantitative estimate of drug-likeness (QED) is 0.550. The third kappa shape index (κ3) is 4.06. The number of hydrogen-bond acceptors (Lipinski definition) is 5. The van der Waals surface area contributed by atoms with E-state index < -0.39 is 18.0 Å². The van der Waals surface area contributed by atoms with Crippen molar-refractivity contribution in [2.24, 2.45) is 0 Å². The summed E-state index contributed by atoms with van der Waals surface area (Å²) in [6, 6.07) is 1.71. The number of halogens is 1. The van der Waals surface area contributed by atoms with Crippen molar-refractivity contribution in [3.05, 3.63) is 46.1 Å². The van der Waals surface area contributed by atoms with E-state index in [0.29, 0.717) is 11.3 Å². The van der Waals surface area contributed by atoms with Gasteiger partial charge in [-0.05, 0) is 31.5 Å². The lowest BCUT2D eigenvalue weighted by atomic mass is 9.95. The van der Waals surface area contributed by atoms with Crippen LogP contribution in [0.4, 0.5) is 4.79 Å². The van der Waals surface area contributed by atoms with Crippen molar-refractivity contribution in [1.29, 1.82) is 0 Å². The SMILES string of the molecule is C/C=C/COC(=O)C1=C(C)NC(=O)NC1c1cc(Cl)c(O)c(OC)c1. The van der Waals surface area contributed by atoms with Crippen molar-refractivity contribution in [3.8, 4) is 11.5 Å². The average Bonchev–Trinajstić information content (AvgIpc) is 2.56. The topological polar surface area (TPSA) is 96.9 Å². The molecule has 1 aromatic rings. The molecule has 2 amide bonds. The number of benzene rings is 1. The molecule has 1 atom stereocenters. The van der Waals surface area contributed by atoms with Gasteiger partial charge in [0.05, 0.1) is 23.7 Å². The molecule has 0 saturated carbocycles. The van der Waals surface area contributed by atoms with Gasteiger partial charge in [0, 0.05) is 5.70 Å². The van der Waals surface area contributed by atoms with Gasteiger partial charge in [0.25, 0.3) is 0 Å². The van der Waals surface area contributed by atoms with Gasteiger partial charge in [-0.25, -0.2) is 9.59 Å². The largest absolute Gasteiger partial charge is 0.503 e. The fraction of sp³-hybridized carbons (Fsp3) is 0.294. The Hall–Kier alpha value is -2.67. The van der Waals surface area contributed by atoms with Crippen molar-refractivity contribution in [2.75, 3.05) is 13.7 Å². The molecule has 0 bridgehead atoms. The summed E-state index contributed by atoms with van der Waals surface area (Å²) < 4.78 is 10.3. The Balaban J connectivity index is 2.45. The van der Waals surface area contributed by atoms with Crippen molar-refractivity contribution >= 4 is 23.6 Å². The van der Waals surface area contributed by atoms with Crippen LogP contribution in [0.5, 0.6) is 11.5 Å². The second-order valence-corrected chi connectivity index (χ2v) is 5.70. The van der Waals surface area contributed by atoms with Gasteiger partial charge in [0.15, 0.2) is 11.5 Å². The third-order valence-corrected chi connectivity index (χ3v) is 3.93. The van der Waals surface area contributed by atoms with Crippen molar-refractivity contribution in [3.63, 3.8) is 0 Å². The van der Waals surface area contributed by atoms with E-state index >= 15 is 0 Å². The minimum Gasteiger partial charge on any atom is -0.503 e. The summed E-state index contributed by atoms with van der Waals surface area (Å²) in [4.78, 5) is 24.3. The van der Waals surface area contributed by atoms with Crippen LogP contribution >= 0.6 is 11.6 Å². The molecule has 0 saturated heterocycles. The molecule has 25 heavy (non-hydrogen) atoms. The van der Waals surface area contributed by atoms with E-state index in [1.54, 1.807) is 19.1 Å². The Morgan fingerprint density at radius 2 is 2.16 bits per heavy atom. The molecule has 1 unspecified atom stereocenters. The lowest BCUT2D eigenvalue weighted by molar-refractivity contribution is -0.138. The van der Waals surface area contributed by atoms with Crippen molar-refractivity contribution in [1.82, 2.24) is 10.6 Å². The first kappa shape index (κ1) is 18.7. The monoisotopic (exact) mass is 366 g/mol. The highest BCUT2D eigenvalue weighted by atomic mass is 35.5. The minimum atomic E-state index is -0.793. The number of allylic oxidation sites excluding steroid dienone is 2. The van der Waals surface area contributed by atoms with Crippen LogP contribution < -0.4 is 15.4 Å². The molecule has 0 aromatic heterocycles. The van der Waals surface area contributed by atoms with Gasteiger partial charge in [-0.15, -0.1) is 0 Å². The summed E-state index contributed by atoms with van der Waals surface area (Å²) >= 11 is 6.02. The number of amides is 2. The molecular weight excluding hydrogens is 348 g/mol. The van der Waals surface area contributed by atoms with Crippen LogP contribution in [0.25, 0.3) is 0 Å². The van der Waals surface area contributed by atoms with Crippen LogP contribution in [0.3, 0.4) is 0 Å². The van der Waals surface area contributed by atoms with Gasteiger partial charge >= 0.3 is 12.0 Å². The fourth-order valence-corrected chi connectivity index (χ4v) is 2.65. The zero-order chi connectivity index (χ0) is 18.6. The molecule has 8 heteroatoms. The second kappa shape index (κ2) is 7.94. The lowest BCUT2D eigenvalue weighted by Gasteiger charge is -2.28. The maximum Gasteiger partial charge on any atom is 0.338 e. The molecule has 0 fully saturated rings. The van der Waals surface area contributed by atoms with Gasteiger partial charge < -0.3 is 25.2 Å². The summed E-state index contributed by atoms with van der Waals surface area (Å²) in [6.45, 7) is 3.54. The summed E-state index contributed by atoms with van der Waals surface area (Å²) in [6.07, 6.45) is 3.45. The first-order chi connectivity index (χ1) is 11.9. The van der Waals surface area contributed by atoms with E-state index in [2.05, 4.69) is 10.6 Å². The van der Waals surface area contributed by atoms with Crippen LogP contribution in [-0.2, 0) is 9.53 Å². The number of phenols is 1. The van der Waals surface area contributed by atoms with Crippen molar-refractivity contribution < 1.29 is 24.2 Å². The van der Waals surface area contributed by atoms with Crippen LogP contribution in [0.1, 0.15) is 25.5 Å². The fourth-order valence-electron chi connectivity index (χ4n) is 2.43. The molecule has 3 N–H and O–H groups in total. The van der Waals surface area contributed by atoms with Crippen molar-refractivity contribution in [2.45, 2.75) is 19.9 Å². The van der Waals surface area contributed by atoms with E-state index in [4.69, 9.17) is 21.1 Å². The van der Waals surface area contributed by atoms with E-state index in [1.165, 1.54) is 19.2 Å². The third-order valence-electron chi connectivity index (χ3n) is 3.64. The summed E-state index contributed by atoms with van der Waals surface area (Å²) in [5.41, 5.74) is 1.10. The Kier molecular flexibility index (Phi) is 5.93. The number of urea groups is 1. The predicted octanol–water partition coefficient (Wildman–Crippen LogP) is 2.80. The minimum absolute atomic E-state index is 0.0430. The van der Waals surface area contributed by atoms with Gasteiger partial charge in [-0.2, -0.15) is 0 Å². The molecular formula is C17H19ClN2O5. The number of ether oxygens (including phenoxy) is 2. The molecule has 1 aromatic carbocycles. The van der Waals surface area contributed by atoms with Gasteiger partial charge in [-0.3, -0.25) is 0 Å². The summed E-state index contributed by atoms with van der Waals surface area (Å²) in [7, 11) is 1.38. The average molecular weight is 367 g/mol.